The van der Waals surface area contributed by atoms with Crippen molar-refractivity contribution in [3.8, 4) is 0 Å². The maximum Gasteiger partial charge on any atom is 0.338 e. The molecular formula is C24H35NO5. The number of amides is 1. The van der Waals surface area contributed by atoms with Crippen LogP contribution in [0.15, 0.2) is 24.3 Å². The Morgan fingerprint density at radius 2 is 1.63 bits per heavy atom. The van der Waals surface area contributed by atoms with Gasteiger partial charge in [-0.3, -0.25) is 9.59 Å². The van der Waals surface area contributed by atoms with Gasteiger partial charge in [-0.05, 0) is 67.7 Å². The Bertz CT molecular complexity index is 712. The van der Waals surface area contributed by atoms with Gasteiger partial charge in [-0.2, -0.15) is 0 Å². The number of anilines is 1. The van der Waals surface area contributed by atoms with Crippen molar-refractivity contribution >= 4 is 23.5 Å². The molecule has 0 saturated heterocycles. The van der Waals surface area contributed by atoms with E-state index in [0.29, 0.717) is 23.8 Å². The van der Waals surface area contributed by atoms with Crippen molar-refractivity contribution < 1.29 is 23.9 Å². The van der Waals surface area contributed by atoms with Crippen LogP contribution in [0.1, 0.15) is 76.6 Å². The number of hydrogen-bond acceptors (Lipinski definition) is 5. The quantitative estimate of drug-likeness (QED) is 0.477. The maximum atomic E-state index is 12.3. The molecule has 0 unspecified atom stereocenters. The van der Waals surface area contributed by atoms with Crippen LogP contribution >= 0.6 is 0 Å². The van der Waals surface area contributed by atoms with Crippen molar-refractivity contribution in [2.45, 2.75) is 66.2 Å². The van der Waals surface area contributed by atoms with E-state index in [9.17, 15) is 14.4 Å². The summed E-state index contributed by atoms with van der Waals surface area (Å²) in [7, 11) is 0. The number of rotatable bonds is 8. The smallest absolute Gasteiger partial charge is 0.338 e. The Labute approximate surface area is 179 Å². The standard InChI is InChI=1S/C24H35NO5/c1-5-6-15-29-22(27)18-9-13-20(14-10-18)25-21(26)16-30-23(28)17-7-11-19(12-8-17)24(2,3)4/h9-10,13-14,17,19H,5-8,11-12,15-16H2,1-4H3,(H,25,26). The summed E-state index contributed by atoms with van der Waals surface area (Å²) in [5, 5.41) is 2.68. The Morgan fingerprint density at radius 3 is 2.20 bits per heavy atom. The minimum atomic E-state index is -0.398. The third-order valence-electron chi connectivity index (χ3n) is 5.77. The van der Waals surface area contributed by atoms with E-state index in [-0.39, 0.29) is 29.9 Å². The molecule has 6 heteroatoms. The van der Waals surface area contributed by atoms with Crippen molar-refractivity contribution in [1.29, 1.82) is 0 Å². The molecule has 1 fully saturated rings. The maximum absolute atomic E-state index is 12.3. The van der Waals surface area contributed by atoms with Gasteiger partial charge in [0.05, 0.1) is 18.1 Å². The van der Waals surface area contributed by atoms with Crippen molar-refractivity contribution in [2.75, 3.05) is 18.5 Å². The Kier molecular flexibility index (Phi) is 8.88. The average Bonchev–Trinajstić information content (AvgIpc) is 2.72. The molecule has 0 atom stereocenters. The predicted molar refractivity (Wildman–Crippen MR) is 116 cm³/mol. The molecule has 0 aliphatic heterocycles. The van der Waals surface area contributed by atoms with E-state index < -0.39 is 5.91 Å². The second kappa shape index (κ2) is 11.1. The summed E-state index contributed by atoms with van der Waals surface area (Å²) in [6.07, 6.45) is 5.46. The fraction of sp³-hybridized carbons (Fsp3) is 0.625. The molecule has 166 valence electrons. The molecule has 1 N–H and O–H groups in total. The summed E-state index contributed by atoms with van der Waals surface area (Å²) in [5.74, 6) is -0.560. The molecule has 1 amide bonds. The lowest BCUT2D eigenvalue weighted by atomic mass is 9.70. The molecule has 1 aromatic rings. The largest absolute Gasteiger partial charge is 0.462 e. The van der Waals surface area contributed by atoms with Crippen LogP contribution in [0.4, 0.5) is 5.69 Å². The number of ether oxygens (including phenoxy) is 2. The van der Waals surface area contributed by atoms with Gasteiger partial charge in [-0.25, -0.2) is 4.79 Å². The number of benzene rings is 1. The number of carbonyl (C=O) groups excluding carboxylic acids is 3. The Morgan fingerprint density at radius 1 is 1.00 bits per heavy atom. The zero-order valence-electron chi connectivity index (χ0n) is 18.7. The highest BCUT2D eigenvalue weighted by Crippen LogP contribution is 2.40. The number of unbranched alkanes of at least 4 members (excludes halogenated alkanes) is 1. The van der Waals surface area contributed by atoms with Crippen LogP contribution in [0.3, 0.4) is 0 Å². The fourth-order valence-electron chi connectivity index (χ4n) is 3.73. The van der Waals surface area contributed by atoms with Crippen LogP contribution in [-0.2, 0) is 19.1 Å². The van der Waals surface area contributed by atoms with Gasteiger partial charge in [0, 0.05) is 5.69 Å². The van der Waals surface area contributed by atoms with Crippen LogP contribution in [0.2, 0.25) is 0 Å². The zero-order valence-corrected chi connectivity index (χ0v) is 18.7. The highest BCUT2D eigenvalue weighted by Gasteiger charge is 2.33. The SMILES string of the molecule is CCCCOC(=O)c1ccc(NC(=O)COC(=O)C2CCC(C(C)(C)C)CC2)cc1. The molecular weight excluding hydrogens is 382 g/mol. The summed E-state index contributed by atoms with van der Waals surface area (Å²) in [4.78, 5) is 36.3. The summed E-state index contributed by atoms with van der Waals surface area (Å²) in [6.45, 7) is 8.84. The summed E-state index contributed by atoms with van der Waals surface area (Å²) < 4.78 is 10.4. The third kappa shape index (κ3) is 7.47. The van der Waals surface area contributed by atoms with E-state index >= 15 is 0 Å². The number of nitrogens with one attached hydrogen (secondary N) is 1. The first-order valence-corrected chi connectivity index (χ1v) is 10.9. The molecule has 30 heavy (non-hydrogen) atoms. The lowest BCUT2D eigenvalue weighted by Crippen LogP contribution is -2.31. The first kappa shape index (κ1) is 23.9. The van der Waals surface area contributed by atoms with Crippen molar-refractivity contribution in [1.82, 2.24) is 0 Å². The molecule has 0 heterocycles. The molecule has 0 spiro atoms. The van der Waals surface area contributed by atoms with Crippen LogP contribution in [0, 0.1) is 17.3 Å². The van der Waals surface area contributed by atoms with Crippen molar-refractivity contribution in [3.05, 3.63) is 29.8 Å². The van der Waals surface area contributed by atoms with Gasteiger partial charge < -0.3 is 14.8 Å². The van der Waals surface area contributed by atoms with Gasteiger partial charge in [0.2, 0.25) is 0 Å². The summed E-state index contributed by atoms with van der Waals surface area (Å²) in [5.41, 5.74) is 1.23. The lowest BCUT2D eigenvalue weighted by molar-refractivity contribution is -0.153. The molecule has 0 radical (unpaired) electrons. The molecule has 6 nitrogen and oxygen atoms in total. The minimum Gasteiger partial charge on any atom is -0.462 e. The topological polar surface area (TPSA) is 81.7 Å². The van der Waals surface area contributed by atoms with E-state index in [1.165, 1.54) is 0 Å². The van der Waals surface area contributed by atoms with E-state index in [4.69, 9.17) is 9.47 Å². The molecule has 0 bridgehead atoms. The fourth-order valence-corrected chi connectivity index (χ4v) is 3.73. The highest BCUT2D eigenvalue weighted by molar-refractivity contribution is 5.94. The van der Waals surface area contributed by atoms with E-state index in [1.54, 1.807) is 24.3 Å². The second-order valence-corrected chi connectivity index (χ2v) is 9.14. The molecule has 0 aromatic heterocycles. The van der Waals surface area contributed by atoms with Gasteiger partial charge >= 0.3 is 11.9 Å². The van der Waals surface area contributed by atoms with E-state index in [2.05, 4.69) is 26.1 Å². The normalized spacial score (nSPS) is 19.1. The van der Waals surface area contributed by atoms with Crippen LogP contribution in [-0.4, -0.2) is 31.1 Å². The lowest BCUT2D eigenvalue weighted by Gasteiger charge is -2.36. The summed E-state index contributed by atoms with van der Waals surface area (Å²) >= 11 is 0. The number of carbonyl (C=O) groups is 3. The van der Waals surface area contributed by atoms with Crippen LogP contribution < -0.4 is 5.32 Å². The second-order valence-electron chi connectivity index (χ2n) is 9.14. The molecule has 2 rings (SSSR count). The predicted octanol–water partition coefficient (Wildman–Crippen LogP) is 4.98. The summed E-state index contributed by atoms with van der Waals surface area (Å²) in [6, 6.07) is 6.46. The first-order chi connectivity index (χ1) is 14.2. The van der Waals surface area contributed by atoms with Gasteiger partial charge in [-0.1, -0.05) is 34.1 Å². The number of hydrogen-bond donors (Lipinski definition) is 1. The van der Waals surface area contributed by atoms with Crippen LogP contribution in [0.25, 0.3) is 0 Å². The third-order valence-corrected chi connectivity index (χ3v) is 5.77. The van der Waals surface area contributed by atoms with Crippen LogP contribution in [0.5, 0.6) is 0 Å². The monoisotopic (exact) mass is 417 g/mol. The van der Waals surface area contributed by atoms with Crippen molar-refractivity contribution in [2.24, 2.45) is 17.3 Å². The Hall–Kier alpha value is -2.37. The van der Waals surface area contributed by atoms with E-state index in [0.717, 1.165) is 38.5 Å². The Balaban J connectivity index is 1.73. The molecule has 1 aliphatic rings. The highest BCUT2D eigenvalue weighted by atomic mass is 16.5. The molecule has 1 saturated carbocycles. The van der Waals surface area contributed by atoms with Gasteiger partial charge in [-0.15, -0.1) is 0 Å². The molecule has 1 aromatic carbocycles. The van der Waals surface area contributed by atoms with E-state index in [1.807, 2.05) is 6.92 Å². The van der Waals surface area contributed by atoms with Gasteiger partial charge in [0.25, 0.3) is 5.91 Å². The first-order valence-electron chi connectivity index (χ1n) is 10.9. The van der Waals surface area contributed by atoms with Gasteiger partial charge in [0.1, 0.15) is 0 Å². The minimum absolute atomic E-state index is 0.116. The average molecular weight is 418 g/mol. The van der Waals surface area contributed by atoms with Crippen molar-refractivity contribution in [3.63, 3.8) is 0 Å². The molecule has 1 aliphatic carbocycles. The van der Waals surface area contributed by atoms with Gasteiger partial charge in [0.15, 0.2) is 6.61 Å². The number of esters is 2. The zero-order chi connectivity index (χ0) is 22.1.